The fourth-order valence-electron chi connectivity index (χ4n) is 0.380. The third-order valence-corrected chi connectivity index (χ3v) is 0.931. The van der Waals surface area contributed by atoms with Crippen LogP contribution >= 0.6 is 0 Å². The van der Waals surface area contributed by atoms with E-state index in [1.165, 1.54) is 0 Å². The number of rotatable bonds is 3. The van der Waals surface area contributed by atoms with Gasteiger partial charge in [-0.25, -0.2) is 0 Å². The smallest absolute Gasteiger partial charge is 0.322 e. The van der Waals surface area contributed by atoms with Crippen molar-refractivity contribution in [3.63, 3.8) is 0 Å². The zero-order valence-corrected chi connectivity index (χ0v) is 6.76. The molecule has 0 amide bonds. The van der Waals surface area contributed by atoms with E-state index in [0.717, 1.165) is 0 Å². The number of ether oxygens (including phenoxy) is 1. The van der Waals surface area contributed by atoms with Crippen molar-refractivity contribution < 1.29 is 9.53 Å². The van der Waals surface area contributed by atoms with Crippen molar-refractivity contribution in [1.29, 1.82) is 0 Å². The maximum Gasteiger partial charge on any atom is 0.322 e. The van der Waals surface area contributed by atoms with Gasteiger partial charge in [0.1, 0.15) is 6.04 Å². The van der Waals surface area contributed by atoms with E-state index >= 15 is 0 Å². The summed E-state index contributed by atoms with van der Waals surface area (Å²) in [6.07, 6.45) is 0. The summed E-state index contributed by atoms with van der Waals surface area (Å²) in [6.45, 7) is 6.03. The molecule has 0 aliphatic carbocycles. The third-order valence-electron chi connectivity index (χ3n) is 0.931. The molecule has 0 bridgehead atoms. The van der Waals surface area contributed by atoms with Gasteiger partial charge in [-0.15, -0.1) is 0 Å². The first-order chi connectivity index (χ1) is 4.54. The summed E-state index contributed by atoms with van der Waals surface area (Å²) < 4.78 is 4.80. The molecule has 60 valence electrons. The van der Waals surface area contributed by atoms with E-state index in [1.54, 1.807) is 6.92 Å². The van der Waals surface area contributed by atoms with E-state index < -0.39 is 6.04 Å². The van der Waals surface area contributed by atoms with Gasteiger partial charge in [0.25, 0.3) is 0 Å². The van der Waals surface area contributed by atoms with Crippen molar-refractivity contribution >= 4 is 5.97 Å². The number of esters is 1. The Morgan fingerprint density at radius 1 is 1.50 bits per heavy atom. The summed E-state index contributed by atoms with van der Waals surface area (Å²) in [5.74, 6) is 0.0522. The molecular weight excluding hydrogens is 130 g/mol. The van der Waals surface area contributed by atoms with E-state index in [9.17, 15) is 4.79 Å². The van der Waals surface area contributed by atoms with Crippen LogP contribution in [0.25, 0.3) is 0 Å². The largest absolute Gasteiger partial charge is 0.464 e. The summed E-state index contributed by atoms with van der Waals surface area (Å²) in [7, 11) is 0. The molecule has 0 fully saturated rings. The lowest BCUT2D eigenvalue weighted by molar-refractivity contribution is -0.145. The number of hydrogen-bond donors (Lipinski definition) is 1. The molecule has 2 N–H and O–H groups in total. The van der Waals surface area contributed by atoms with Crippen LogP contribution < -0.4 is 5.73 Å². The maximum absolute atomic E-state index is 10.7. The van der Waals surface area contributed by atoms with Crippen LogP contribution in [0.15, 0.2) is 0 Å². The molecule has 0 aromatic rings. The highest BCUT2D eigenvalue weighted by molar-refractivity contribution is 5.74. The summed E-state index contributed by atoms with van der Waals surface area (Å²) in [5.41, 5.74) is 5.25. The molecule has 0 saturated heterocycles. The van der Waals surface area contributed by atoms with Crippen LogP contribution in [0.5, 0.6) is 0 Å². The van der Waals surface area contributed by atoms with E-state index in [4.69, 9.17) is 10.5 Å². The minimum atomic E-state index is -0.501. The molecule has 1 atom stereocenters. The molecule has 10 heavy (non-hydrogen) atoms. The lowest BCUT2D eigenvalue weighted by Crippen LogP contribution is -2.29. The molecule has 0 heterocycles. The predicted octanol–water partition coefficient (Wildman–Crippen LogP) is 0.533. The van der Waals surface area contributed by atoms with Crippen LogP contribution in [0, 0.1) is 5.92 Å². The second kappa shape index (κ2) is 4.28. The van der Waals surface area contributed by atoms with Crippen LogP contribution in [0.2, 0.25) is 0 Å². The Morgan fingerprint density at radius 3 is 2.30 bits per heavy atom. The van der Waals surface area contributed by atoms with Gasteiger partial charge in [-0.05, 0) is 12.8 Å². The van der Waals surface area contributed by atoms with Crippen LogP contribution in [0.4, 0.5) is 0 Å². The molecule has 0 aliphatic rings. The number of carbonyl (C=O) groups excluding carboxylic acids is 1. The van der Waals surface area contributed by atoms with E-state index in [2.05, 4.69) is 0 Å². The first-order valence-corrected chi connectivity index (χ1v) is 3.46. The Bertz CT molecular complexity index is 110. The topological polar surface area (TPSA) is 52.3 Å². The average Bonchev–Trinajstić information content (AvgIpc) is 1.82. The van der Waals surface area contributed by atoms with Gasteiger partial charge in [-0.2, -0.15) is 0 Å². The van der Waals surface area contributed by atoms with Crippen molar-refractivity contribution in [3.8, 4) is 0 Å². The van der Waals surface area contributed by atoms with Crippen molar-refractivity contribution in [1.82, 2.24) is 0 Å². The van der Waals surface area contributed by atoms with E-state index in [-0.39, 0.29) is 5.97 Å². The number of nitrogens with two attached hydrogens (primary N) is 1. The second-order valence-corrected chi connectivity index (χ2v) is 2.81. The Morgan fingerprint density at radius 2 is 2.00 bits per heavy atom. The zero-order chi connectivity index (χ0) is 8.15. The Labute approximate surface area is 61.5 Å². The first-order valence-electron chi connectivity index (χ1n) is 3.46. The van der Waals surface area contributed by atoms with Gasteiger partial charge >= 0.3 is 5.97 Å². The van der Waals surface area contributed by atoms with Crippen molar-refractivity contribution in [2.24, 2.45) is 11.7 Å². The van der Waals surface area contributed by atoms with Crippen molar-refractivity contribution in [2.45, 2.75) is 26.8 Å². The highest BCUT2D eigenvalue weighted by atomic mass is 16.5. The van der Waals surface area contributed by atoms with Gasteiger partial charge in [-0.3, -0.25) is 4.79 Å². The van der Waals surface area contributed by atoms with Crippen LogP contribution in [-0.2, 0) is 9.53 Å². The molecule has 0 unspecified atom stereocenters. The number of hydrogen-bond acceptors (Lipinski definition) is 3. The molecular formula is C7H15NO2. The van der Waals surface area contributed by atoms with Gasteiger partial charge in [0.15, 0.2) is 0 Å². The molecule has 3 heteroatoms. The van der Waals surface area contributed by atoms with Gasteiger partial charge < -0.3 is 10.5 Å². The molecule has 0 aromatic carbocycles. The summed E-state index contributed by atoms with van der Waals surface area (Å²) in [6, 6.07) is -0.501. The van der Waals surface area contributed by atoms with Gasteiger partial charge in [-0.1, -0.05) is 13.8 Å². The molecule has 0 radical (unpaired) electrons. The van der Waals surface area contributed by atoms with Crippen LogP contribution in [-0.4, -0.2) is 18.6 Å². The predicted molar refractivity (Wildman–Crippen MR) is 39.4 cm³/mol. The summed E-state index contributed by atoms with van der Waals surface area (Å²) in [4.78, 5) is 10.7. The molecule has 0 aromatic heterocycles. The Hall–Kier alpha value is -0.570. The number of carbonyl (C=O) groups is 1. The highest BCUT2D eigenvalue weighted by Gasteiger charge is 2.08. The molecule has 3 nitrogen and oxygen atoms in total. The minimum Gasteiger partial charge on any atom is -0.464 e. The van der Waals surface area contributed by atoms with Crippen LogP contribution in [0.1, 0.15) is 20.8 Å². The Balaban J connectivity index is 3.40. The monoisotopic (exact) mass is 145 g/mol. The average molecular weight is 145 g/mol. The summed E-state index contributed by atoms with van der Waals surface area (Å²) >= 11 is 0. The highest BCUT2D eigenvalue weighted by Crippen LogP contribution is 1.93. The second-order valence-electron chi connectivity index (χ2n) is 2.81. The van der Waals surface area contributed by atoms with Crippen molar-refractivity contribution in [2.75, 3.05) is 6.61 Å². The molecule has 0 aliphatic heterocycles. The van der Waals surface area contributed by atoms with Gasteiger partial charge in [0.2, 0.25) is 0 Å². The van der Waals surface area contributed by atoms with Gasteiger partial charge in [0.05, 0.1) is 6.61 Å². The SMILES string of the molecule is CC(C)COC(=O)[C@@H](C)N. The molecule has 0 spiro atoms. The Kier molecular flexibility index (Phi) is 4.03. The summed E-state index contributed by atoms with van der Waals surface area (Å²) in [5, 5.41) is 0. The lowest BCUT2D eigenvalue weighted by Gasteiger charge is -2.08. The molecule has 0 saturated carbocycles. The third kappa shape index (κ3) is 4.32. The van der Waals surface area contributed by atoms with Crippen molar-refractivity contribution in [3.05, 3.63) is 0 Å². The van der Waals surface area contributed by atoms with E-state index in [1.807, 2.05) is 13.8 Å². The first kappa shape index (κ1) is 9.43. The quantitative estimate of drug-likeness (QED) is 0.589. The fourth-order valence-corrected chi connectivity index (χ4v) is 0.380. The van der Waals surface area contributed by atoms with Crippen LogP contribution in [0.3, 0.4) is 0 Å². The zero-order valence-electron chi connectivity index (χ0n) is 6.76. The fraction of sp³-hybridized carbons (Fsp3) is 0.857. The minimum absolute atomic E-state index is 0.325. The lowest BCUT2D eigenvalue weighted by atomic mass is 10.2. The molecule has 0 rings (SSSR count). The maximum atomic E-state index is 10.7. The van der Waals surface area contributed by atoms with Gasteiger partial charge in [0, 0.05) is 0 Å². The standard InChI is InChI=1S/C7H15NO2/c1-5(2)4-10-7(9)6(3)8/h5-6H,4,8H2,1-3H3/t6-/m1/s1. The normalized spacial score (nSPS) is 13.3. The van der Waals surface area contributed by atoms with E-state index in [0.29, 0.717) is 12.5 Å².